The summed E-state index contributed by atoms with van der Waals surface area (Å²) in [6.45, 7) is 3.47. The Bertz CT molecular complexity index is 303. The van der Waals surface area contributed by atoms with Crippen molar-refractivity contribution in [2.24, 2.45) is 0 Å². The molecule has 0 aromatic rings. The average Bonchev–Trinajstić information content (AvgIpc) is 2.47. The number of carbonyl (C=O) groups excluding carboxylic acids is 1. The van der Waals surface area contributed by atoms with Crippen LogP contribution < -0.4 is 5.32 Å². The molecule has 4 heteroatoms. The van der Waals surface area contributed by atoms with Crippen LogP contribution in [0.1, 0.15) is 89.9 Å². The highest BCUT2D eigenvalue weighted by Crippen LogP contribution is 2.12. The van der Waals surface area contributed by atoms with Crippen molar-refractivity contribution in [3.05, 3.63) is 12.8 Å². The topological polar surface area (TPSA) is 66.4 Å². The summed E-state index contributed by atoms with van der Waals surface area (Å²) in [7, 11) is 0. The van der Waals surface area contributed by atoms with Crippen molar-refractivity contribution in [1.29, 1.82) is 0 Å². The molecular formula is C18H33NO3. The van der Waals surface area contributed by atoms with E-state index in [1.165, 1.54) is 57.6 Å². The fraction of sp³-hybridized carbons (Fsp3) is 0.778. The Morgan fingerprint density at radius 3 is 1.45 bits per heavy atom. The fourth-order valence-electron chi connectivity index (χ4n) is 2.52. The third-order valence-corrected chi connectivity index (χ3v) is 3.81. The number of rotatable bonds is 16. The van der Waals surface area contributed by atoms with Crippen LogP contribution >= 0.6 is 0 Å². The summed E-state index contributed by atoms with van der Waals surface area (Å²) in [6, 6.07) is 0. The van der Waals surface area contributed by atoms with E-state index in [1.807, 2.05) is 0 Å². The largest absolute Gasteiger partial charge is 0.481 e. The first-order chi connectivity index (χ1) is 10.7. The van der Waals surface area contributed by atoms with Gasteiger partial charge >= 0.3 is 5.97 Å². The maximum Gasteiger partial charge on any atom is 0.303 e. The molecule has 128 valence electrons. The molecule has 4 nitrogen and oxygen atoms in total. The second kappa shape index (κ2) is 16.1. The van der Waals surface area contributed by atoms with Crippen LogP contribution in [-0.2, 0) is 9.59 Å². The summed E-state index contributed by atoms with van der Waals surface area (Å²) in [4.78, 5) is 21.5. The highest BCUT2D eigenvalue weighted by molar-refractivity contribution is 5.76. The summed E-state index contributed by atoms with van der Waals surface area (Å²) < 4.78 is 0. The third-order valence-electron chi connectivity index (χ3n) is 3.81. The van der Waals surface area contributed by atoms with Gasteiger partial charge in [-0.05, 0) is 19.0 Å². The molecule has 22 heavy (non-hydrogen) atoms. The van der Waals surface area contributed by atoms with Gasteiger partial charge < -0.3 is 10.4 Å². The van der Waals surface area contributed by atoms with Crippen molar-refractivity contribution in [2.45, 2.75) is 89.9 Å². The van der Waals surface area contributed by atoms with Crippen LogP contribution in [0.3, 0.4) is 0 Å². The predicted octanol–water partition coefficient (Wildman–Crippen LogP) is 4.79. The Labute approximate surface area is 135 Å². The van der Waals surface area contributed by atoms with Gasteiger partial charge in [-0.2, -0.15) is 0 Å². The van der Waals surface area contributed by atoms with Gasteiger partial charge in [-0.3, -0.25) is 9.59 Å². The Balaban J connectivity index is 3.07. The molecule has 0 aromatic heterocycles. The van der Waals surface area contributed by atoms with E-state index in [0.29, 0.717) is 12.8 Å². The molecule has 0 fully saturated rings. The van der Waals surface area contributed by atoms with E-state index in [-0.39, 0.29) is 5.91 Å². The minimum absolute atomic E-state index is 0.0679. The quantitative estimate of drug-likeness (QED) is 0.403. The van der Waals surface area contributed by atoms with E-state index >= 15 is 0 Å². The number of carboxylic acids is 1. The summed E-state index contributed by atoms with van der Waals surface area (Å²) in [5, 5.41) is 11.1. The molecule has 1 amide bonds. The van der Waals surface area contributed by atoms with Crippen molar-refractivity contribution >= 4 is 11.9 Å². The Kier molecular flexibility index (Phi) is 15.1. The van der Waals surface area contributed by atoms with E-state index in [2.05, 4.69) is 11.9 Å². The minimum atomic E-state index is -0.679. The number of hydrogen-bond donors (Lipinski definition) is 2. The monoisotopic (exact) mass is 311 g/mol. The van der Waals surface area contributed by atoms with Crippen molar-refractivity contribution in [3.63, 3.8) is 0 Å². The smallest absolute Gasteiger partial charge is 0.303 e. The highest BCUT2D eigenvalue weighted by Gasteiger charge is 1.99. The maximum atomic E-state index is 11.2. The van der Waals surface area contributed by atoms with Gasteiger partial charge in [0.25, 0.3) is 0 Å². The zero-order valence-electron chi connectivity index (χ0n) is 13.9. The molecule has 0 rings (SSSR count). The molecule has 0 aliphatic heterocycles. The van der Waals surface area contributed by atoms with Crippen molar-refractivity contribution in [3.8, 4) is 0 Å². The van der Waals surface area contributed by atoms with E-state index in [1.54, 1.807) is 0 Å². The molecule has 0 atom stereocenters. The SMILES string of the molecule is C=CNC(=O)CCCCCCCCCCCCCCC(=O)O. The van der Waals surface area contributed by atoms with Gasteiger partial charge in [-0.25, -0.2) is 0 Å². The number of carboxylic acid groups (broad SMARTS) is 1. The van der Waals surface area contributed by atoms with Crippen LogP contribution in [-0.4, -0.2) is 17.0 Å². The lowest BCUT2D eigenvalue weighted by atomic mass is 10.0. The molecular weight excluding hydrogens is 278 g/mol. The average molecular weight is 311 g/mol. The van der Waals surface area contributed by atoms with Gasteiger partial charge in [0.2, 0.25) is 5.91 Å². The number of amides is 1. The Morgan fingerprint density at radius 1 is 0.727 bits per heavy atom. The number of aliphatic carboxylic acids is 1. The summed E-state index contributed by atoms with van der Waals surface area (Å²) in [5.74, 6) is -0.611. The van der Waals surface area contributed by atoms with Crippen LogP contribution in [0.15, 0.2) is 12.8 Å². The lowest BCUT2D eigenvalue weighted by molar-refractivity contribution is -0.137. The molecule has 2 N–H and O–H groups in total. The maximum absolute atomic E-state index is 11.2. The second-order valence-corrected chi connectivity index (χ2v) is 5.91. The minimum Gasteiger partial charge on any atom is -0.481 e. The van der Waals surface area contributed by atoms with E-state index in [0.717, 1.165) is 25.7 Å². The van der Waals surface area contributed by atoms with E-state index in [9.17, 15) is 9.59 Å². The van der Waals surface area contributed by atoms with Gasteiger partial charge in [-0.15, -0.1) is 0 Å². The van der Waals surface area contributed by atoms with Crippen molar-refractivity contribution < 1.29 is 14.7 Å². The number of unbranched alkanes of at least 4 members (excludes halogenated alkanes) is 11. The van der Waals surface area contributed by atoms with Gasteiger partial charge in [0, 0.05) is 12.8 Å². The van der Waals surface area contributed by atoms with Crippen LogP contribution in [0.5, 0.6) is 0 Å². The standard InChI is InChI=1S/C18H33NO3/c1-2-19-17(20)15-13-11-9-7-5-3-4-6-8-10-12-14-16-18(21)22/h2H,1,3-16H2,(H,19,20)(H,21,22). The predicted molar refractivity (Wildman–Crippen MR) is 90.6 cm³/mol. The van der Waals surface area contributed by atoms with E-state index in [4.69, 9.17) is 5.11 Å². The first-order valence-corrected chi connectivity index (χ1v) is 8.79. The lowest BCUT2D eigenvalue weighted by Gasteiger charge is -2.03. The second-order valence-electron chi connectivity index (χ2n) is 5.91. The van der Waals surface area contributed by atoms with Crippen LogP contribution in [0.2, 0.25) is 0 Å². The van der Waals surface area contributed by atoms with Gasteiger partial charge in [0.05, 0.1) is 0 Å². The first-order valence-electron chi connectivity index (χ1n) is 8.79. The molecule has 0 radical (unpaired) electrons. The number of nitrogens with one attached hydrogen (secondary N) is 1. The molecule has 0 bridgehead atoms. The zero-order chi connectivity index (χ0) is 16.5. The Morgan fingerprint density at radius 2 is 1.09 bits per heavy atom. The lowest BCUT2D eigenvalue weighted by Crippen LogP contribution is -2.15. The summed E-state index contributed by atoms with van der Waals surface area (Å²) in [6.07, 6.45) is 16.4. The summed E-state index contributed by atoms with van der Waals surface area (Å²) in [5.41, 5.74) is 0. The normalized spacial score (nSPS) is 10.4. The molecule has 0 saturated heterocycles. The molecule has 0 unspecified atom stereocenters. The van der Waals surface area contributed by atoms with Crippen LogP contribution in [0, 0.1) is 0 Å². The first kappa shape index (κ1) is 20.7. The summed E-state index contributed by atoms with van der Waals surface area (Å²) >= 11 is 0. The molecule has 0 spiro atoms. The van der Waals surface area contributed by atoms with Crippen molar-refractivity contribution in [1.82, 2.24) is 5.32 Å². The van der Waals surface area contributed by atoms with Crippen molar-refractivity contribution in [2.75, 3.05) is 0 Å². The Hall–Kier alpha value is -1.32. The molecule has 0 aliphatic carbocycles. The molecule has 0 heterocycles. The van der Waals surface area contributed by atoms with Gasteiger partial charge in [0.15, 0.2) is 0 Å². The number of carbonyl (C=O) groups is 2. The fourth-order valence-corrected chi connectivity index (χ4v) is 2.52. The van der Waals surface area contributed by atoms with Gasteiger partial charge in [0.1, 0.15) is 0 Å². The molecule has 0 aliphatic rings. The third kappa shape index (κ3) is 16.7. The molecule has 0 aromatic carbocycles. The number of hydrogen-bond acceptors (Lipinski definition) is 2. The van der Waals surface area contributed by atoms with Crippen LogP contribution in [0.25, 0.3) is 0 Å². The molecule has 0 saturated carbocycles. The van der Waals surface area contributed by atoms with E-state index < -0.39 is 5.97 Å². The zero-order valence-corrected chi connectivity index (χ0v) is 13.9. The van der Waals surface area contributed by atoms with Crippen LogP contribution in [0.4, 0.5) is 0 Å². The highest BCUT2D eigenvalue weighted by atomic mass is 16.4. The van der Waals surface area contributed by atoms with Gasteiger partial charge in [-0.1, -0.05) is 70.8 Å².